The second-order valence-corrected chi connectivity index (χ2v) is 9.32. The Labute approximate surface area is 208 Å². The summed E-state index contributed by atoms with van der Waals surface area (Å²) in [7, 11) is 0. The molecule has 3 amide bonds. The Morgan fingerprint density at radius 1 is 1.08 bits per heavy atom. The summed E-state index contributed by atoms with van der Waals surface area (Å²) < 4.78 is 10.1. The number of imide groups is 1. The van der Waals surface area contributed by atoms with Gasteiger partial charge >= 0.3 is 12.1 Å². The third kappa shape index (κ3) is 5.26. The predicted octanol–water partition coefficient (Wildman–Crippen LogP) is 0.975. The predicted molar refractivity (Wildman–Crippen MR) is 125 cm³/mol. The van der Waals surface area contributed by atoms with Gasteiger partial charge in [-0.1, -0.05) is 30.3 Å². The number of nitrogens with zero attached hydrogens (tertiary/aromatic N) is 2. The van der Waals surface area contributed by atoms with E-state index < -0.39 is 53.8 Å². The van der Waals surface area contributed by atoms with Gasteiger partial charge in [-0.2, -0.15) is 5.10 Å². The van der Waals surface area contributed by atoms with Crippen LogP contribution in [-0.2, 0) is 30.5 Å². The molecular weight excluding hydrogens is 470 g/mol. The minimum atomic E-state index is -1.23. The second-order valence-electron chi connectivity index (χ2n) is 9.32. The molecule has 11 heteroatoms. The number of carbonyl (C=O) groups is 4. The van der Waals surface area contributed by atoms with Crippen molar-refractivity contribution in [3.05, 3.63) is 35.9 Å². The second kappa shape index (κ2) is 11.2. The number of ether oxygens (including phenoxy) is 2. The van der Waals surface area contributed by atoms with Crippen LogP contribution in [0.1, 0.15) is 38.2 Å². The molecule has 3 fully saturated rings. The Morgan fingerprint density at radius 2 is 1.81 bits per heavy atom. The van der Waals surface area contributed by atoms with E-state index in [0.717, 1.165) is 10.5 Å². The van der Waals surface area contributed by atoms with Crippen LogP contribution in [0.4, 0.5) is 4.79 Å². The van der Waals surface area contributed by atoms with E-state index >= 15 is 0 Å². The topological polar surface area (TPSA) is 155 Å². The van der Waals surface area contributed by atoms with Gasteiger partial charge in [0, 0.05) is 30.5 Å². The molecule has 194 valence electrons. The maximum absolute atomic E-state index is 13.3. The molecule has 0 aromatic heterocycles. The van der Waals surface area contributed by atoms with Crippen molar-refractivity contribution < 1.29 is 38.9 Å². The number of aliphatic hydroxyl groups excluding tert-OH is 2. The number of hydrogen-bond donors (Lipinski definition) is 3. The van der Waals surface area contributed by atoms with Crippen LogP contribution < -0.4 is 5.43 Å². The van der Waals surface area contributed by atoms with Crippen LogP contribution in [0.2, 0.25) is 0 Å². The maximum atomic E-state index is 13.3. The summed E-state index contributed by atoms with van der Waals surface area (Å²) in [5.74, 6) is -3.95. The number of aliphatic hydroxyl groups is 2. The summed E-state index contributed by atoms with van der Waals surface area (Å²) in [4.78, 5) is 51.2. The Morgan fingerprint density at radius 3 is 2.53 bits per heavy atom. The van der Waals surface area contributed by atoms with Crippen molar-refractivity contribution in [3.8, 4) is 0 Å². The zero-order valence-electron chi connectivity index (χ0n) is 20.0. The van der Waals surface area contributed by atoms with Gasteiger partial charge in [0.05, 0.1) is 37.1 Å². The summed E-state index contributed by atoms with van der Waals surface area (Å²) in [5.41, 5.74) is 3.60. The van der Waals surface area contributed by atoms with E-state index in [1.165, 1.54) is 0 Å². The molecule has 0 bridgehead atoms. The number of nitrogens with one attached hydrogen (secondary N) is 1. The lowest BCUT2D eigenvalue weighted by Crippen LogP contribution is -2.55. The molecule has 3 N–H and O–H groups in total. The third-order valence-electron chi connectivity index (χ3n) is 7.22. The SMILES string of the molecule is CCOC(=O)CCN1C(=O)[C@H]2[C@H]3[C@H](O)[C@H](O)CC(=NNC(=O)OCc4ccccc4)[C@H]3CC[C@H]2C1=O. The zero-order chi connectivity index (χ0) is 25.8. The molecular formula is C25H31N3O8. The van der Waals surface area contributed by atoms with Crippen LogP contribution in [-0.4, -0.2) is 70.1 Å². The van der Waals surface area contributed by atoms with Gasteiger partial charge in [-0.15, -0.1) is 0 Å². The zero-order valence-corrected chi connectivity index (χ0v) is 20.0. The fraction of sp³-hybridized carbons (Fsp3) is 0.560. The van der Waals surface area contributed by atoms with Gasteiger partial charge in [0.2, 0.25) is 11.8 Å². The van der Waals surface area contributed by atoms with Gasteiger partial charge in [0.15, 0.2) is 0 Å². The largest absolute Gasteiger partial charge is 0.466 e. The molecule has 1 aromatic rings. The first kappa shape index (κ1) is 25.8. The minimum Gasteiger partial charge on any atom is -0.466 e. The van der Waals surface area contributed by atoms with E-state index in [1.807, 2.05) is 30.3 Å². The first-order chi connectivity index (χ1) is 17.3. The highest BCUT2D eigenvalue weighted by Crippen LogP contribution is 2.49. The number of likely N-dealkylation sites (tertiary alicyclic amines) is 1. The van der Waals surface area contributed by atoms with Gasteiger partial charge in [-0.3, -0.25) is 19.3 Å². The molecule has 1 aromatic carbocycles. The molecule has 36 heavy (non-hydrogen) atoms. The van der Waals surface area contributed by atoms with E-state index in [0.29, 0.717) is 18.6 Å². The summed E-state index contributed by atoms with van der Waals surface area (Å²) in [5, 5.41) is 25.5. The molecule has 2 saturated carbocycles. The molecule has 2 aliphatic carbocycles. The Kier molecular flexibility index (Phi) is 8.00. The Balaban J connectivity index is 1.45. The number of benzene rings is 1. The molecule has 6 atom stereocenters. The number of rotatable bonds is 7. The van der Waals surface area contributed by atoms with Crippen LogP contribution >= 0.6 is 0 Å². The fourth-order valence-electron chi connectivity index (χ4n) is 5.59. The Bertz CT molecular complexity index is 1030. The summed E-state index contributed by atoms with van der Waals surface area (Å²) in [6, 6.07) is 9.14. The molecule has 11 nitrogen and oxygen atoms in total. The summed E-state index contributed by atoms with van der Waals surface area (Å²) in [6.07, 6.45) is -2.43. The first-order valence-electron chi connectivity index (χ1n) is 12.2. The van der Waals surface area contributed by atoms with E-state index in [4.69, 9.17) is 9.47 Å². The average molecular weight is 502 g/mol. The van der Waals surface area contributed by atoms with Crippen LogP contribution in [0.25, 0.3) is 0 Å². The first-order valence-corrected chi connectivity index (χ1v) is 12.2. The molecule has 3 aliphatic rings. The average Bonchev–Trinajstić information content (AvgIpc) is 3.12. The van der Waals surface area contributed by atoms with Crippen LogP contribution in [0.3, 0.4) is 0 Å². The van der Waals surface area contributed by atoms with Crippen molar-refractivity contribution >= 4 is 29.6 Å². The lowest BCUT2D eigenvalue weighted by molar-refractivity contribution is -0.145. The summed E-state index contributed by atoms with van der Waals surface area (Å²) >= 11 is 0. The van der Waals surface area contributed by atoms with Gasteiger partial charge in [-0.05, 0) is 25.3 Å². The molecule has 1 heterocycles. The summed E-state index contributed by atoms with van der Waals surface area (Å²) in [6.45, 7) is 1.85. The van der Waals surface area contributed by atoms with Crippen molar-refractivity contribution in [2.45, 2.75) is 51.4 Å². The molecule has 1 saturated heterocycles. The quantitative estimate of drug-likeness (QED) is 0.284. The third-order valence-corrected chi connectivity index (χ3v) is 7.22. The van der Waals surface area contributed by atoms with E-state index in [2.05, 4.69) is 10.5 Å². The standard InChI is InChI=1S/C25H31N3O8/c1-2-35-19(30)10-11-28-23(32)16-9-8-15-17(12-18(29)22(31)20(15)21(16)24(28)33)26-27-25(34)36-13-14-6-4-3-5-7-14/h3-7,15-16,18,20-22,29,31H,2,8-13H2,1H3,(H,27,34)/t15-,16-,18-,20+,21-,22-/m1/s1. The molecule has 0 radical (unpaired) electrons. The van der Waals surface area contributed by atoms with Crippen LogP contribution in [0, 0.1) is 23.7 Å². The monoisotopic (exact) mass is 501 g/mol. The Hall–Kier alpha value is -3.31. The number of esters is 1. The van der Waals surface area contributed by atoms with Crippen molar-refractivity contribution in [1.29, 1.82) is 0 Å². The van der Waals surface area contributed by atoms with Crippen molar-refractivity contribution in [2.75, 3.05) is 13.2 Å². The smallest absolute Gasteiger partial charge is 0.428 e. The van der Waals surface area contributed by atoms with E-state index in [1.54, 1.807) is 6.92 Å². The molecule has 1 aliphatic heterocycles. The number of carbonyl (C=O) groups excluding carboxylic acids is 4. The number of hydrazone groups is 1. The van der Waals surface area contributed by atoms with Gasteiger partial charge in [0.25, 0.3) is 0 Å². The van der Waals surface area contributed by atoms with Crippen molar-refractivity contribution in [1.82, 2.24) is 10.3 Å². The fourth-order valence-corrected chi connectivity index (χ4v) is 5.59. The van der Waals surface area contributed by atoms with Gasteiger partial charge < -0.3 is 19.7 Å². The number of fused-ring (bicyclic) bond motifs is 3. The lowest BCUT2D eigenvalue weighted by Gasteiger charge is -2.45. The highest BCUT2D eigenvalue weighted by Gasteiger charge is 2.59. The van der Waals surface area contributed by atoms with Gasteiger partial charge in [0.1, 0.15) is 6.61 Å². The van der Waals surface area contributed by atoms with E-state index in [9.17, 15) is 29.4 Å². The number of hydrogen-bond acceptors (Lipinski definition) is 9. The van der Waals surface area contributed by atoms with Crippen molar-refractivity contribution in [2.24, 2.45) is 28.8 Å². The minimum absolute atomic E-state index is 0.0212. The molecule has 0 unspecified atom stereocenters. The normalized spacial score (nSPS) is 30.5. The van der Waals surface area contributed by atoms with Crippen LogP contribution in [0.15, 0.2) is 35.4 Å². The number of amides is 3. The maximum Gasteiger partial charge on any atom is 0.428 e. The molecule has 4 rings (SSSR count). The van der Waals surface area contributed by atoms with E-state index in [-0.39, 0.29) is 38.5 Å². The van der Waals surface area contributed by atoms with Gasteiger partial charge in [-0.25, -0.2) is 10.2 Å². The molecule has 0 spiro atoms. The van der Waals surface area contributed by atoms with Crippen LogP contribution in [0.5, 0.6) is 0 Å². The van der Waals surface area contributed by atoms with Crippen molar-refractivity contribution in [3.63, 3.8) is 0 Å². The highest BCUT2D eigenvalue weighted by molar-refractivity contribution is 6.06. The highest BCUT2D eigenvalue weighted by atomic mass is 16.6. The lowest BCUT2D eigenvalue weighted by atomic mass is 9.60.